The summed E-state index contributed by atoms with van der Waals surface area (Å²) >= 11 is 0. The van der Waals surface area contributed by atoms with Crippen molar-refractivity contribution < 1.29 is 37.5 Å². The Morgan fingerprint density at radius 3 is 1.49 bits per heavy atom. The maximum absolute atomic E-state index is 14.8. The van der Waals surface area contributed by atoms with E-state index < -0.39 is 12.0 Å². The highest BCUT2D eigenvalue weighted by molar-refractivity contribution is 5.98. The molecule has 0 unspecified atom stereocenters. The zero-order valence-electron chi connectivity index (χ0n) is 44.5. The van der Waals surface area contributed by atoms with Crippen LogP contribution in [0, 0.1) is 35.3 Å². The molecule has 14 heteroatoms. The number of likely N-dealkylation sites (tertiary alicyclic amines) is 2. The van der Waals surface area contributed by atoms with Crippen molar-refractivity contribution in [3.8, 4) is 0 Å². The molecule has 6 atom stereocenters. The van der Waals surface area contributed by atoms with E-state index in [1.54, 1.807) is 65.4 Å². The number of benzene rings is 3. The second-order valence-corrected chi connectivity index (χ2v) is 21.9. The van der Waals surface area contributed by atoms with Gasteiger partial charge in [0.1, 0.15) is 23.5 Å². The summed E-state index contributed by atoms with van der Waals surface area (Å²) in [5.74, 6) is -1.84. The summed E-state index contributed by atoms with van der Waals surface area (Å²) in [4.78, 5) is 92.9. The number of amides is 5. The number of halogens is 2. The second-order valence-electron chi connectivity index (χ2n) is 21.9. The van der Waals surface area contributed by atoms with Crippen molar-refractivity contribution in [2.75, 3.05) is 46.3 Å². The van der Waals surface area contributed by atoms with Crippen molar-refractivity contribution in [1.82, 2.24) is 30.2 Å². The summed E-state index contributed by atoms with van der Waals surface area (Å²) < 4.78 is 27.9. The van der Waals surface area contributed by atoms with Gasteiger partial charge in [-0.1, -0.05) is 76.6 Å². The average Bonchev–Trinajstić information content (AvgIpc) is 4.11. The van der Waals surface area contributed by atoms with Gasteiger partial charge in [0, 0.05) is 80.7 Å². The first-order valence-electron chi connectivity index (χ1n) is 28.0. The van der Waals surface area contributed by atoms with E-state index in [-0.39, 0.29) is 102 Å². The van der Waals surface area contributed by atoms with Crippen LogP contribution in [0.4, 0.5) is 8.78 Å². The van der Waals surface area contributed by atoms with E-state index in [1.807, 2.05) is 30.6 Å². The molecular formula is C60H82F2N6O6. The number of nitrogens with one attached hydrogen (secondary N) is 2. The Labute approximate surface area is 438 Å². The van der Waals surface area contributed by atoms with Gasteiger partial charge >= 0.3 is 0 Å². The van der Waals surface area contributed by atoms with Gasteiger partial charge in [-0.15, -0.1) is 0 Å². The molecule has 0 radical (unpaired) electrons. The number of hydrogen-bond donors (Lipinski definition) is 2. The molecule has 0 bridgehead atoms. The number of Topliss-reactive ketones (excluding diaryl/α,β-unsaturated/α-hetero) is 1. The summed E-state index contributed by atoms with van der Waals surface area (Å²) in [6, 6.07) is 17.6. The topological polar surface area (TPSA) is 139 Å². The Morgan fingerprint density at radius 2 is 1.04 bits per heavy atom. The summed E-state index contributed by atoms with van der Waals surface area (Å²) in [6.07, 6.45) is 14.7. The highest BCUT2D eigenvalue weighted by Gasteiger charge is 2.42. The van der Waals surface area contributed by atoms with Crippen molar-refractivity contribution in [2.24, 2.45) is 23.7 Å². The van der Waals surface area contributed by atoms with Crippen molar-refractivity contribution in [3.05, 3.63) is 107 Å². The fraction of sp³-hybridized carbons (Fsp3) is 0.600. The lowest BCUT2D eigenvalue weighted by molar-refractivity contribution is -0.141. The van der Waals surface area contributed by atoms with Crippen LogP contribution in [0.2, 0.25) is 0 Å². The molecule has 2 heterocycles. The number of likely N-dealkylation sites (N-methyl/N-ethyl adjacent to an activating group) is 1. The molecule has 2 saturated carbocycles. The third kappa shape index (κ3) is 14.9. The first-order valence-corrected chi connectivity index (χ1v) is 28.0. The molecule has 12 nitrogen and oxygen atoms in total. The zero-order chi connectivity index (χ0) is 52.7. The van der Waals surface area contributed by atoms with Gasteiger partial charge in [-0.25, -0.2) is 8.78 Å². The van der Waals surface area contributed by atoms with Crippen LogP contribution in [0.25, 0.3) is 0 Å². The van der Waals surface area contributed by atoms with Crippen molar-refractivity contribution in [1.29, 1.82) is 0 Å². The predicted octanol–water partition coefficient (Wildman–Crippen LogP) is 9.19. The molecule has 2 aliphatic carbocycles. The van der Waals surface area contributed by atoms with E-state index in [4.69, 9.17) is 0 Å². The third-order valence-corrected chi connectivity index (χ3v) is 16.9. The van der Waals surface area contributed by atoms with Crippen LogP contribution in [0.5, 0.6) is 0 Å². The Kier molecular flexibility index (Phi) is 20.8. The lowest BCUT2D eigenvalue weighted by atomic mass is 9.76. The summed E-state index contributed by atoms with van der Waals surface area (Å²) in [5.41, 5.74) is 2.47. The second kappa shape index (κ2) is 27.3. The molecule has 3 aromatic carbocycles. The van der Waals surface area contributed by atoms with Crippen LogP contribution in [0.3, 0.4) is 0 Å². The minimum atomic E-state index is -0.625. The van der Waals surface area contributed by atoms with Crippen LogP contribution < -0.4 is 10.6 Å². The number of nitrogens with zero attached hydrogens (tertiary/aromatic N) is 4. The number of carbonyl (C=O) groups is 6. The fourth-order valence-corrected chi connectivity index (χ4v) is 11.9. The van der Waals surface area contributed by atoms with E-state index >= 15 is 0 Å². The summed E-state index contributed by atoms with van der Waals surface area (Å²) in [6.45, 7) is 7.93. The predicted molar refractivity (Wildman–Crippen MR) is 284 cm³/mol. The molecule has 2 N–H and O–H groups in total. The van der Waals surface area contributed by atoms with Gasteiger partial charge < -0.3 is 30.2 Å². The number of rotatable bonds is 23. The zero-order valence-corrected chi connectivity index (χ0v) is 44.5. The van der Waals surface area contributed by atoms with E-state index in [2.05, 4.69) is 10.6 Å². The monoisotopic (exact) mass is 1020 g/mol. The van der Waals surface area contributed by atoms with Gasteiger partial charge in [-0.05, 0) is 156 Å². The Morgan fingerprint density at radius 1 is 0.595 bits per heavy atom. The van der Waals surface area contributed by atoms with E-state index in [0.717, 1.165) is 88.2 Å². The fourth-order valence-electron chi connectivity index (χ4n) is 11.9. The van der Waals surface area contributed by atoms with E-state index in [9.17, 15) is 37.5 Å². The van der Waals surface area contributed by atoms with Crippen LogP contribution in [-0.4, -0.2) is 125 Å². The Hall–Kier alpha value is -5.50. The maximum atomic E-state index is 14.8. The van der Waals surface area contributed by atoms with Crippen LogP contribution in [-0.2, 0) is 32.0 Å². The normalized spacial score (nSPS) is 20.1. The highest BCUT2D eigenvalue weighted by Crippen LogP contribution is 2.36. The number of hydrogen-bond acceptors (Lipinski definition) is 7. The molecule has 2 saturated heterocycles. The van der Waals surface area contributed by atoms with E-state index in [0.29, 0.717) is 69.4 Å². The van der Waals surface area contributed by atoms with Crippen LogP contribution >= 0.6 is 0 Å². The lowest BCUT2D eigenvalue weighted by Crippen LogP contribution is -2.56. The largest absolute Gasteiger partial charge is 0.344 e. The number of ketones is 1. The summed E-state index contributed by atoms with van der Waals surface area (Å²) in [5, 5.41) is 6.22. The number of carbonyl (C=O) groups excluding carboxylic acids is 6. The maximum Gasteiger partial charge on any atom is 0.253 e. The molecule has 7 rings (SSSR count). The van der Waals surface area contributed by atoms with Gasteiger partial charge in [0.05, 0.1) is 6.04 Å². The molecule has 2 aliphatic heterocycles. The summed E-state index contributed by atoms with van der Waals surface area (Å²) in [7, 11) is 1.76. The quantitative estimate of drug-likeness (QED) is 0.0966. The Balaban J connectivity index is 1.11. The molecule has 74 heavy (non-hydrogen) atoms. The standard InChI is InChI=1S/C60H82F2N6O6/c1-5-41(2)56(70)64-55(46-16-10-7-11-17-46)60(74)68-35-13-19-52(68)40-66(37-33-44-22-30-50(62)31-23-44)58(72)48-26-24-47(25-27-48)57(71)65(36-32-43-20-28-49(61)29-21-43)39-51-18-12-34-67(51)59(73)53(38-54(69)42(3)63-4)45-14-8-6-9-15-45/h20-31,41-42,45-46,51-53,55,63H,5-19,32-40H2,1-4H3,(H,64,70)/t41-,42+,51+,52+,53+,55+/m1/s1. The first kappa shape index (κ1) is 56.2. The van der Waals surface area contributed by atoms with Crippen LogP contribution in [0.15, 0.2) is 72.8 Å². The Bertz CT molecular complexity index is 2170. The van der Waals surface area contributed by atoms with Gasteiger partial charge in [-0.2, -0.15) is 0 Å². The van der Waals surface area contributed by atoms with Crippen LogP contribution in [0.1, 0.15) is 155 Å². The van der Waals surface area contributed by atoms with Gasteiger partial charge in [0.25, 0.3) is 11.8 Å². The van der Waals surface area contributed by atoms with Gasteiger partial charge in [0.2, 0.25) is 17.7 Å². The first-order chi connectivity index (χ1) is 35.7. The molecule has 0 spiro atoms. The van der Waals surface area contributed by atoms with Crippen molar-refractivity contribution >= 4 is 35.3 Å². The SMILES string of the molecule is CC[C@@H](C)C(=O)N[C@H](C(=O)N1CCC[C@H]1CN(CCc1ccc(F)cc1)C(=O)c1ccc(C(=O)N(CCc2ccc(F)cc2)C[C@@H]2CCCN2C(=O)[C@@H](CC(=O)[C@H](C)NC)C2CCCCC2)cc1)C1CCCCC1. The highest BCUT2D eigenvalue weighted by atomic mass is 19.1. The van der Waals surface area contributed by atoms with Gasteiger partial charge in [-0.3, -0.25) is 28.8 Å². The molecule has 4 fully saturated rings. The molecule has 0 aromatic heterocycles. The molecule has 3 aromatic rings. The lowest BCUT2D eigenvalue weighted by Gasteiger charge is -2.37. The molecule has 402 valence electrons. The van der Waals surface area contributed by atoms with Gasteiger partial charge in [0.15, 0.2) is 0 Å². The molecule has 4 aliphatic rings. The third-order valence-electron chi connectivity index (χ3n) is 16.9. The minimum Gasteiger partial charge on any atom is -0.344 e. The smallest absolute Gasteiger partial charge is 0.253 e. The molecular weight excluding hydrogens is 939 g/mol. The minimum absolute atomic E-state index is 0.00339. The van der Waals surface area contributed by atoms with E-state index in [1.165, 1.54) is 24.3 Å². The van der Waals surface area contributed by atoms with Crippen molar-refractivity contribution in [3.63, 3.8) is 0 Å². The molecule has 5 amide bonds. The van der Waals surface area contributed by atoms with Crippen molar-refractivity contribution in [2.45, 2.75) is 161 Å². The average molecular weight is 1020 g/mol.